The number of amides is 1. The highest BCUT2D eigenvalue weighted by atomic mass is 16.6. The minimum Gasteiger partial charge on any atom is -0.379 e. The van der Waals surface area contributed by atoms with Crippen molar-refractivity contribution in [3.63, 3.8) is 0 Å². The standard InChI is InChI=1S/C14H22N4O3/c1-4-9-15-11-6-5-7-12(14(11)18(20)21)16-10-8-13(19)17(2)3/h5-7,15-16H,4,8-10H2,1-3H3. The molecular weight excluding hydrogens is 272 g/mol. The summed E-state index contributed by atoms with van der Waals surface area (Å²) in [5.41, 5.74) is 0.932. The summed E-state index contributed by atoms with van der Waals surface area (Å²) in [6.45, 7) is 3.02. The summed E-state index contributed by atoms with van der Waals surface area (Å²) in [5, 5.41) is 17.3. The number of benzene rings is 1. The Kier molecular flexibility index (Phi) is 6.45. The van der Waals surface area contributed by atoms with E-state index in [1.807, 2.05) is 6.92 Å². The van der Waals surface area contributed by atoms with E-state index < -0.39 is 4.92 Å². The van der Waals surface area contributed by atoms with Gasteiger partial charge in [0.25, 0.3) is 0 Å². The minimum atomic E-state index is -0.409. The lowest BCUT2D eigenvalue weighted by Gasteiger charge is -2.13. The molecule has 0 heterocycles. The predicted octanol–water partition coefficient (Wildman–Crippen LogP) is 2.31. The van der Waals surface area contributed by atoms with Gasteiger partial charge >= 0.3 is 5.69 Å². The number of hydrogen-bond acceptors (Lipinski definition) is 5. The number of nitrogens with zero attached hydrogens (tertiary/aromatic N) is 2. The Morgan fingerprint density at radius 1 is 1.24 bits per heavy atom. The van der Waals surface area contributed by atoms with Crippen LogP contribution in [0.3, 0.4) is 0 Å². The minimum absolute atomic E-state index is 0.0169. The predicted molar refractivity (Wildman–Crippen MR) is 83.7 cm³/mol. The average molecular weight is 294 g/mol. The van der Waals surface area contributed by atoms with Crippen molar-refractivity contribution >= 4 is 23.0 Å². The molecule has 0 fully saturated rings. The largest absolute Gasteiger partial charge is 0.379 e. The van der Waals surface area contributed by atoms with Gasteiger partial charge in [-0.05, 0) is 18.6 Å². The van der Waals surface area contributed by atoms with Crippen LogP contribution in [0.5, 0.6) is 0 Å². The Labute approximate surface area is 124 Å². The summed E-state index contributed by atoms with van der Waals surface area (Å²) < 4.78 is 0. The number of carbonyl (C=O) groups excluding carboxylic acids is 1. The van der Waals surface area contributed by atoms with Crippen LogP contribution < -0.4 is 10.6 Å². The van der Waals surface area contributed by atoms with Gasteiger partial charge in [-0.3, -0.25) is 14.9 Å². The zero-order valence-corrected chi connectivity index (χ0v) is 12.7. The van der Waals surface area contributed by atoms with Crippen molar-refractivity contribution in [3.05, 3.63) is 28.3 Å². The fourth-order valence-corrected chi connectivity index (χ4v) is 1.81. The second-order valence-electron chi connectivity index (χ2n) is 4.85. The fraction of sp³-hybridized carbons (Fsp3) is 0.500. The number of rotatable bonds is 8. The number of carbonyl (C=O) groups is 1. The van der Waals surface area contributed by atoms with Crippen molar-refractivity contribution in [2.75, 3.05) is 37.8 Å². The van der Waals surface area contributed by atoms with Gasteiger partial charge in [0.1, 0.15) is 11.4 Å². The molecule has 21 heavy (non-hydrogen) atoms. The van der Waals surface area contributed by atoms with Crippen molar-refractivity contribution in [2.24, 2.45) is 0 Å². The molecule has 1 amide bonds. The quantitative estimate of drug-likeness (QED) is 0.567. The third-order valence-corrected chi connectivity index (χ3v) is 2.94. The normalized spacial score (nSPS) is 10.0. The van der Waals surface area contributed by atoms with E-state index in [1.54, 1.807) is 32.3 Å². The number of nitrogens with one attached hydrogen (secondary N) is 2. The van der Waals surface area contributed by atoms with E-state index >= 15 is 0 Å². The van der Waals surface area contributed by atoms with E-state index in [0.717, 1.165) is 6.42 Å². The first-order chi connectivity index (χ1) is 9.97. The van der Waals surface area contributed by atoms with Crippen molar-refractivity contribution in [1.82, 2.24) is 4.90 Å². The molecule has 0 bridgehead atoms. The summed E-state index contributed by atoms with van der Waals surface area (Å²) >= 11 is 0. The molecule has 0 saturated carbocycles. The Morgan fingerprint density at radius 2 is 1.81 bits per heavy atom. The fourth-order valence-electron chi connectivity index (χ4n) is 1.81. The lowest BCUT2D eigenvalue weighted by molar-refractivity contribution is -0.383. The van der Waals surface area contributed by atoms with Crippen molar-refractivity contribution in [3.8, 4) is 0 Å². The first kappa shape index (κ1) is 16.7. The van der Waals surface area contributed by atoms with Crippen LogP contribution in [0.15, 0.2) is 18.2 Å². The van der Waals surface area contributed by atoms with Crippen LogP contribution in [-0.4, -0.2) is 42.9 Å². The highest BCUT2D eigenvalue weighted by Crippen LogP contribution is 2.32. The molecule has 0 radical (unpaired) electrons. The van der Waals surface area contributed by atoms with E-state index in [0.29, 0.717) is 24.5 Å². The molecule has 116 valence electrons. The third-order valence-electron chi connectivity index (χ3n) is 2.94. The molecule has 7 nitrogen and oxygen atoms in total. The third kappa shape index (κ3) is 4.94. The van der Waals surface area contributed by atoms with E-state index in [9.17, 15) is 14.9 Å². The lowest BCUT2D eigenvalue weighted by Crippen LogP contribution is -2.24. The van der Waals surface area contributed by atoms with E-state index in [2.05, 4.69) is 10.6 Å². The molecule has 0 atom stereocenters. The van der Waals surface area contributed by atoms with Crippen LogP contribution in [0.2, 0.25) is 0 Å². The van der Waals surface area contributed by atoms with Crippen LogP contribution >= 0.6 is 0 Å². The Balaban J connectivity index is 2.81. The molecule has 0 aliphatic carbocycles. The molecule has 0 saturated heterocycles. The van der Waals surface area contributed by atoms with Crippen molar-refractivity contribution in [2.45, 2.75) is 19.8 Å². The molecule has 1 rings (SSSR count). The highest BCUT2D eigenvalue weighted by molar-refractivity contribution is 5.78. The zero-order valence-electron chi connectivity index (χ0n) is 12.7. The van der Waals surface area contributed by atoms with Gasteiger partial charge in [-0.25, -0.2) is 0 Å². The Bertz CT molecular complexity index is 503. The average Bonchev–Trinajstić information content (AvgIpc) is 2.44. The zero-order chi connectivity index (χ0) is 15.8. The Hall–Kier alpha value is -2.31. The maximum absolute atomic E-state index is 11.5. The van der Waals surface area contributed by atoms with Crippen LogP contribution in [-0.2, 0) is 4.79 Å². The van der Waals surface area contributed by atoms with Gasteiger partial charge in [-0.1, -0.05) is 13.0 Å². The summed E-state index contributed by atoms with van der Waals surface area (Å²) in [4.78, 5) is 23.8. The molecule has 7 heteroatoms. The van der Waals surface area contributed by atoms with Crippen LogP contribution in [0, 0.1) is 10.1 Å². The molecule has 1 aromatic carbocycles. The van der Waals surface area contributed by atoms with Crippen molar-refractivity contribution < 1.29 is 9.72 Å². The summed E-state index contributed by atoms with van der Waals surface area (Å²) in [6, 6.07) is 5.08. The van der Waals surface area contributed by atoms with E-state index in [1.165, 1.54) is 4.90 Å². The smallest absolute Gasteiger partial charge is 0.315 e. The van der Waals surface area contributed by atoms with E-state index in [-0.39, 0.29) is 18.0 Å². The molecular formula is C14H22N4O3. The topological polar surface area (TPSA) is 87.5 Å². The SMILES string of the molecule is CCCNc1cccc(NCCC(=O)N(C)C)c1[N+](=O)[O-]. The summed E-state index contributed by atoms with van der Waals surface area (Å²) in [6.07, 6.45) is 1.17. The number of anilines is 2. The maximum Gasteiger partial charge on any atom is 0.315 e. The molecule has 0 aromatic heterocycles. The molecule has 1 aromatic rings. The second kappa shape index (κ2) is 8.08. The van der Waals surface area contributed by atoms with Gasteiger partial charge < -0.3 is 15.5 Å². The molecule has 0 spiro atoms. The van der Waals surface area contributed by atoms with Crippen molar-refractivity contribution in [1.29, 1.82) is 0 Å². The lowest BCUT2D eigenvalue weighted by atomic mass is 10.2. The van der Waals surface area contributed by atoms with Gasteiger partial charge in [0, 0.05) is 33.6 Å². The first-order valence-corrected chi connectivity index (χ1v) is 6.92. The number of para-hydroxylation sites is 1. The number of hydrogen-bond donors (Lipinski definition) is 2. The highest BCUT2D eigenvalue weighted by Gasteiger charge is 2.19. The van der Waals surface area contributed by atoms with Gasteiger partial charge in [0.2, 0.25) is 5.91 Å². The summed E-state index contributed by atoms with van der Waals surface area (Å²) in [5.74, 6) is -0.0228. The van der Waals surface area contributed by atoms with Crippen LogP contribution in [0.25, 0.3) is 0 Å². The molecule has 0 aliphatic heterocycles. The maximum atomic E-state index is 11.5. The van der Waals surface area contributed by atoms with Gasteiger partial charge in [-0.2, -0.15) is 0 Å². The van der Waals surface area contributed by atoms with Gasteiger partial charge in [-0.15, -0.1) is 0 Å². The monoisotopic (exact) mass is 294 g/mol. The molecule has 0 aliphatic rings. The van der Waals surface area contributed by atoms with Crippen LogP contribution in [0.1, 0.15) is 19.8 Å². The first-order valence-electron chi connectivity index (χ1n) is 6.92. The molecule has 2 N–H and O–H groups in total. The van der Waals surface area contributed by atoms with Gasteiger partial charge in [0.05, 0.1) is 4.92 Å². The molecule has 0 unspecified atom stereocenters. The van der Waals surface area contributed by atoms with Gasteiger partial charge in [0.15, 0.2) is 0 Å². The van der Waals surface area contributed by atoms with E-state index in [4.69, 9.17) is 0 Å². The number of nitro benzene ring substituents is 1. The van der Waals surface area contributed by atoms with Crippen LogP contribution in [0.4, 0.5) is 17.1 Å². The Morgan fingerprint density at radius 3 is 2.29 bits per heavy atom. The summed E-state index contributed by atoms with van der Waals surface area (Å²) in [7, 11) is 3.36. The number of nitro groups is 1. The second-order valence-corrected chi connectivity index (χ2v) is 4.85.